The average Bonchev–Trinajstić information content (AvgIpc) is 2.74. The summed E-state index contributed by atoms with van der Waals surface area (Å²) < 4.78 is 10.3. The van der Waals surface area contributed by atoms with Gasteiger partial charge in [0.25, 0.3) is 5.91 Å². The lowest BCUT2D eigenvalue weighted by atomic mass is 9.95. The second kappa shape index (κ2) is 11.0. The van der Waals surface area contributed by atoms with E-state index in [1.165, 1.54) is 5.56 Å². The molecule has 154 valence electrons. The van der Waals surface area contributed by atoms with Crippen molar-refractivity contribution >= 4 is 18.2 Å². The van der Waals surface area contributed by atoms with Gasteiger partial charge in [-0.15, -0.1) is 0 Å². The van der Waals surface area contributed by atoms with Crippen molar-refractivity contribution in [2.24, 2.45) is 5.92 Å². The van der Waals surface area contributed by atoms with Crippen LogP contribution in [0.5, 0.6) is 5.75 Å². The Hall–Kier alpha value is -3.15. The smallest absolute Gasteiger partial charge is 0.344 e. The monoisotopic (exact) mass is 397 g/mol. The van der Waals surface area contributed by atoms with Crippen LogP contribution in [0.15, 0.2) is 48.5 Å². The highest BCUT2D eigenvalue weighted by molar-refractivity contribution is 5.81. The Labute approximate surface area is 171 Å². The van der Waals surface area contributed by atoms with Crippen molar-refractivity contribution in [1.82, 2.24) is 5.32 Å². The predicted molar refractivity (Wildman–Crippen MR) is 110 cm³/mol. The fourth-order valence-electron chi connectivity index (χ4n) is 2.78. The van der Waals surface area contributed by atoms with Crippen LogP contribution in [0.25, 0.3) is 0 Å². The summed E-state index contributed by atoms with van der Waals surface area (Å²) in [6.45, 7) is 5.44. The number of aldehydes is 1. The normalized spacial score (nSPS) is 11.6. The summed E-state index contributed by atoms with van der Waals surface area (Å²) in [7, 11) is 0. The lowest BCUT2D eigenvalue weighted by molar-refractivity contribution is -0.150. The summed E-state index contributed by atoms with van der Waals surface area (Å²) in [6.07, 6.45) is 1.68. The quantitative estimate of drug-likeness (QED) is 0.490. The Bertz CT molecular complexity index is 812. The number of rotatable bonds is 10. The molecule has 0 fully saturated rings. The molecule has 0 bridgehead atoms. The number of benzene rings is 2. The molecule has 1 amide bonds. The SMILES string of the molecule is CCc1ccc([C@@H](NC(=O)COC(=O)COc2ccc(C=O)cc2)C(C)C)cc1. The van der Waals surface area contributed by atoms with Gasteiger partial charge in [-0.1, -0.05) is 45.0 Å². The van der Waals surface area contributed by atoms with Crippen LogP contribution >= 0.6 is 0 Å². The number of carbonyl (C=O) groups excluding carboxylic acids is 3. The van der Waals surface area contributed by atoms with Gasteiger partial charge in [0.1, 0.15) is 12.0 Å². The molecular formula is C23H27NO5. The lowest BCUT2D eigenvalue weighted by Crippen LogP contribution is -2.35. The molecule has 0 aliphatic rings. The Morgan fingerprint density at radius 2 is 1.66 bits per heavy atom. The molecule has 0 aliphatic carbocycles. The van der Waals surface area contributed by atoms with E-state index in [1.807, 2.05) is 26.0 Å². The molecule has 0 radical (unpaired) electrons. The van der Waals surface area contributed by atoms with Crippen molar-refractivity contribution in [3.63, 3.8) is 0 Å². The largest absolute Gasteiger partial charge is 0.482 e. The van der Waals surface area contributed by atoms with Crippen LogP contribution in [0.2, 0.25) is 0 Å². The summed E-state index contributed by atoms with van der Waals surface area (Å²) in [6, 6.07) is 14.3. The van der Waals surface area contributed by atoms with E-state index in [9.17, 15) is 14.4 Å². The Morgan fingerprint density at radius 3 is 2.21 bits per heavy atom. The van der Waals surface area contributed by atoms with Crippen LogP contribution in [0.1, 0.15) is 48.3 Å². The number of amides is 1. The van der Waals surface area contributed by atoms with Gasteiger partial charge in [0.05, 0.1) is 6.04 Å². The molecule has 0 aromatic heterocycles. The highest BCUT2D eigenvalue weighted by Gasteiger charge is 2.19. The molecule has 0 unspecified atom stereocenters. The first kappa shape index (κ1) is 22.1. The molecule has 0 saturated heterocycles. The molecule has 6 heteroatoms. The van der Waals surface area contributed by atoms with Crippen molar-refractivity contribution in [2.75, 3.05) is 13.2 Å². The summed E-state index contributed by atoms with van der Waals surface area (Å²) in [5.74, 6) is -0.396. The number of aryl methyl sites for hydroxylation is 1. The maximum Gasteiger partial charge on any atom is 0.344 e. The molecule has 29 heavy (non-hydrogen) atoms. The van der Waals surface area contributed by atoms with Gasteiger partial charge in [-0.2, -0.15) is 0 Å². The first-order valence-electron chi connectivity index (χ1n) is 9.64. The van der Waals surface area contributed by atoms with E-state index < -0.39 is 5.97 Å². The van der Waals surface area contributed by atoms with Crippen molar-refractivity contribution in [3.05, 3.63) is 65.2 Å². The molecule has 0 spiro atoms. The number of hydrogen-bond acceptors (Lipinski definition) is 5. The molecule has 2 aromatic carbocycles. The Balaban J connectivity index is 1.81. The molecule has 0 heterocycles. The number of nitrogens with one attached hydrogen (secondary N) is 1. The first-order chi connectivity index (χ1) is 13.9. The van der Waals surface area contributed by atoms with Gasteiger partial charge in [-0.25, -0.2) is 4.79 Å². The van der Waals surface area contributed by atoms with Crippen molar-refractivity contribution < 1.29 is 23.9 Å². The zero-order valence-electron chi connectivity index (χ0n) is 17.0. The summed E-state index contributed by atoms with van der Waals surface area (Å²) >= 11 is 0. The van der Waals surface area contributed by atoms with Crippen molar-refractivity contribution in [3.8, 4) is 5.75 Å². The molecule has 2 rings (SSSR count). The lowest BCUT2D eigenvalue weighted by Gasteiger charge is -2.23. The standard InChI is InChI=1S/C23H27NO5/c1-4-17-5-9-19(10-6-17)23(16(2)3)24-21(26)14-29-22(27)15-28-20-11-7-18(13-25)8-12-20/h5-13,16,23H,4,14-15H2,1-3H3,(H,24,26)/t23-/m0/s1. The highest BCUT2D eigenvalue weighted by atomic mass is 16.6. The first-order valence-corrected chi connectivity index (χ1v) is 9.64. The Kier molecular flexibility index (Phi) is 8.40. The molecule has 0 aliphatic heterocycles. The van der Waals surface area contributed by atoms with Gasteiger partial charge in [0, 0.05) is 5.56 Å². The van der Waals surface area contributed by atoms with E-state index in [2.05, 4.69) is 24.4 Å². The van der Waals surface area contributed by atoms with Crippen LogP contribution in [0, 0.1) is 5.92 Å². The van der Waals surface area contributed by atoms with Crippen molar-refractivity contribution in [2.45, 2.75) is 33.2 Å². The fraction of sp³-hybridized carbons (Fsp3) is 0.348. The third kappa shape index (κ3) is 7.07. The zero-order valence-corrected chi connectivity index (χ0v) is 17.0. The van der Waals surface area contributed by atoms with Crippen LogP contribution < -0.4 is 10.1 Å². The zero-order chi connectivity index (χ0) is 21.2. The third-order valence-electron chi connectivity index (χ3n) is 4.47. The van der Waals surface area contributed by atoms with Gasteiger partial charge in [-0.3, -0.25) is 9.59 Å². The maximum atomic E-state index is 12.2. The number of hydrogen-bond donors (Lipinski definition) is 1. The fourth-order valence-corrected chi connectivity index (χ4v) is 2.78. The van der Waals surface area contributed by atoms with E-state index in [1.54, 1.807) is 24.3 Å². The molecule has 2 aromatic rings. The van der Waals surface area contributed by atoms with E-state index in [4.69, 9.17) is 9.47 Å². The van der Waals surface area contributed by atoms with Crippen LogP contribution in [-0.2, 0) is 20.7 Å². The second-order valence-electron chi connectivity index (χ2n) is 7.02. The van der Waals surface area contributed by atoms with Gasteiger partial charge >= 0.3 is 5.97 Å². The van der Waals surface area contributed by atoms with Crippen LogP contribution in [0.4, 0.5) is 0 Å². The minimum atomic E-state index is -0.645. The third-order valence-corrected chi connectivity index (χ3v) is 4.47. The summed E-state index contributed by atoms with van der Waals surface area (Å²) in [5.41, 5.74) is 2.76. The average molecular weight is 397 g/mol. The van der Waals surface area contributed by atoms with Gasteiger partial charge in [-0.05, 0) is 47.7 Å². The van der Waals surface area contributed by atoms with Crippen molar-refractivity contribution in [1.29, 1.82) is 0 Å². The summed E-state index contributed by atoms with van der Waals surface area (Å²) in [5, 5.41) is 2.92. The molecular weight excluding hydrogens is 370 g/mol. The van der Waals surface area contributed by atoms with Crippen LogP contribution in [-0.4, -0.2) is 31.4 Å². The number of carbonyl (C=O) groups is 3. The minimum absolute atomic E-state index is 0.167. The molecule has 0 saturated carbocycles. The highest BCUT2D eigenvalue weighted by Crippen LogP contribution is 2.22. The van der Waals surface area contributed by atoms with E-state index >= 15 is 0 Å². The summed E-state index contributed by atoms with van der Waals surface area (Å²) in [4.78, 5) is 34.7. The number of ether oxygens (including phenoxy) is 2. The van der Waals surface area contributed by atoms with E-state index in [-0.39, 0.29) is 31.1 Å². The predicted octanol–water partition coefficient (Wildman–Crippen LogP) is 3.50. The van der Waals surface area contributed by atoms with Gasteiger partial charge in [0.2, 0.25) is 0 Å². The second-order valence-corrected chi connectivity index (χ2v) is 7.02. The molecule has 6 nitrogen and oxygen atoms in total. The molecule has 1 N–H and O–H groups in total. The van der Waals surface area contributed by atoms with Gasteiger partial charge < -0.3 is 14.8 Å². The van der Waals surface area contributed by atoms with Gasteiger partial charge in [0.15, 0.2) is 13.2 Å². The maximum absolute atomic E-state index is 12.2. The van der Waals surface area contributed by atoms with Crippen LogP contribution in [0.3, 0.4) is 0 Å². The topological polar surface area (TPSA) is 81.7 Å². The van der Waals surface area contributed by atoms with E-state index in [0.29, 0.717) is 11.3 Å². The minimum Gasteiger partial charge on any atom is -0.482 e. The number of esters is 1. The molecule has 1 atom stereocenters. The van der Waals surface area contributed by atoms with E-state index in [0.717, 1.165) is 18.3 Å². The Morgan fingerprint density at radius 1 is 1.00 bits per heavy atom.